The van der Waals surface area contributed by atoms with Crippen LogP contribution >= 0.6 is 11.6 Å². The first kappa shape index (κ1) is 23.3. The van der Waals surface area contributed by atoms with Crippen molar-refractivity contribution < 1.29 is 13.2 Å². The fourth-order valence-electron chi connectivity index (χ4n) is 2.79. The summed E-state index contributed by atoms with van der Waals surface area (Å²) in [5, 5.41) is 6.40. The number of halogens is 1. The topological polar surface area (TPSA) is 116 Å². The molecular formula is C21H23ClN6O3S. The second-order valence-corrected chi connectivity index (χ2v) is 9.44. The lowest BCUT2D eigenvalue weighted by Gasteiger charge is -2.15. The Balaban J connectivity index is 1.90. The van der Waals surface area contributed by atoms with E-state index in [9.17, 15) is 13.2 Å². The second kappa shape index (κ2) is 9.41. The molecule has 3 aromatic rings. The third-order valence-corrected chi connectivity index (χ3v) is 5.22. The summed E-state index contributed by atoms with van der Waals surface area (Å²) >= 11 is 6.26. The quantitative estimate of drug-likeness (QED) is 0.473. The number of carbonyl (C=O) groups excluding carboxylic acids is 1. The van der Waals surface area contributed by atoms with E-state index >= 15 is 0 Å². The molecule has 0 aliphatic heterocycles. The lowest BCUT2D eigenvalue weighted by molar-refractivity contribution is 0.0827. The Bertz CT molecular complexity index is 1260. The van der Waals surface area contributed by atoms with Gasteiger partial charge < -0.3 is 15.5 Å². The van der Waals surface area contributed by atoms with Gasteiger partial charge in [-0.25, -0.2) is 13.4 Å². The Morgan fingerprint density at radius 1 is 1.03 bits per heavy atom. The van der Waals surface area contributed by atoms with Gasteiger partial charge in [0.15, 0.2) is 5.82 Å². The number of sulfonamides is 1. The maximum atomic E-state index is 12.3. The molecule has 1 aromatic heterocycles. The normalized spacial score (nSPS) is 11.0. The number of carbonyl (C=O) groups is 1. The van der Waals surface area contributed by atoms with Crippen LogP contribution in [0.1, 0.15) is 15.9 Å². The molecule has 0 saturated heterocycles. The minimum Gasteiger partial charge on any atom is -0.345 e. The van der Waals surface area contributed by atoms with Gasteiger partial charge >= 0.3 is 0 Å². The van der Waals surface area contributed by atoms with E-state index in [1.54, 1.807) is 50.5 Å². The van der Waals surface area contributed by atoms with Gasteiger partial charge in [0.2, 0.25) is 16.0 Å². The first-order valence-corrected chi connectivity index (χ1v) is 11.8. The number of hydrogen-bond acceptors (Lipinski definition) is 7. The van der Waals surface area contributed by atoms with Crippen molar-refractivity contribution in [3.8, 4) is 0 Å². The highest BCUT2D eigenvalue weighted by molar-refractivity contribution is 7.92. The second-order valence-electron chi connectivity index (χ2n) is 7.29. The Kier molecular flexibility index (Phi) is 6.85. The summed E-state index contributed by atoms with van der Waals surface area (Å²) in [5.74, 6) is 0.413. The van der Waals surface area contributed by atoms with Crippen molar-refractivity contribution in [1.29, 1.82) is 0 Å². The summed E-state index contributed by atoms with van der Waals surface area (Å²) in [6, 6.07) is 12.1. The number of aryl methyl sites for hydroxylation is 1. The molecular weight excluding hydrogens is 452 g/mol. The van der Waals surface area contributed by atoms with Crippen molar-refractivity contribution in [1.82, 2.24) is 14.9 Å². The van der Waals surface area contributed by atoms with E-state index in [1.807, 2.05) is 13.0 Å². The van der Waals surface area contributed by atoms with Gasteiger partial charge in [-0.15, -0.1) is 0 Å². The summed E-state index contributed by atoms with van der Waals surface area (Å²) < 4.78 is 25.8. The maximum Gasteiger partial charge on any atom is 0.253 e. The predicted molar refractivity (Wildman–Crippen MR) is 128 cm³/mol. The molecule has 0 aliphatic rings. The van der Waals surface area contributed by atoms with Crippen molar-refractivity contribution >= 4 is 56.4 Å². The molecule has 11 heteroatoms. The summed E-state index contributed by atoms with van der Waals surface area (Å²) in [5.41, 5.74) is 2.92. The number of para-hydroxylation sites is 2. The number of anilines is 5. The van der Waals surface area contributed by atoms with Gasteiger partial charge in [0.1, 0.15) is 5.02 Å². The average Bonchev–Trinajstić information content (AvgIpc) is 2.71. The van der Waals surface area contributed by atoms with Gasteiger partial charge in [0.25, 0.3) is 5.91 Å². The fourth-order valence-corrected chi connectivity index (χ4v) is 3.51. The van der Waals surface area contributed by atoms with E-state index in [0.717, 1.165) is 11.8 Å². The molecule has 168 valence electrons. The minimum absolute atomic E-state index is 0.123. The molecule has 0 bridgehead atoms. The van der Waals surface area contributed by atoms with Gasteiger partial charge in [0, 0.05) is 25.3 Å². The molecule has 0 aliphatic carbocycles. The summed E-state index contributed by atoms with van der Waals surface area (Å²) in [6.07, 6.45) is 2.50. The lowest BCUT2D eigenvalue weighted by Crippen LogP contribution is -2.21. The van der Waals surface area contributed by atoms with Gasteiger partial charge in [-0.1, -0.05) is 29.8 Å². The van der Waals surface area contributed by atoms with Gasteiger partial charge in [-0.3, -0.25) is 9.52 Å². The Morgan fingerprint density at radius 3 is 2.38 bits per heavy atom. The molecule has 0 unspecified atom stereocenters. The van der Waals surface area contributed by atoms with Crippen LogP contribution in [0.15, 0.2) is 48.7 Å². The number of aromatic nitrogens is 2. The molecule has 0 fully saturated rings. The number of hydrogen-bond donors (Lipinski definition) is 3. The third-order valence-electron chi connectivity index (χ3n) is 4.36. The maximum absolute atomic E-state index is 12.3. The lowest BCUT2D eigenvalue weighted by atomic mass is 10.1. The largest absolute Gasteiger partial charge is 0.345 e. The molecule has 0 atom stereocenters. The van der Waals surface area contributed by atoms with Crippen LogP contribution < -0.4 is 15.4 Å². The molecule has 0 spiro atoms. The third kappa shape index (κ3) is 5.86. The first-order valence-electron chi connectivity index (χ1n) is 9.49. The van der Waals surface area contributed by atoms with Gasteiger partial charge in [-0.05, 0) is 36.8 Å². The molecule has 0 saturated carbocycles. The van der Waals surface area contributed by atoms with E-state index < -0.39 is 10.0 Å². The van der Waals surface area contributed by atoms with E-state index in [0.29, 0.717) is 22.6 Å². The molecule has 0 radical (unpaired) electrons. The zero-order valence-corrected chi connectivity index (χ0v) is 19.5. The van der Waals surface area contributed by atoms with Crippen LogP contribution in [0.5, 0.6) is 0 Å². The molecule has 9 nitrogen and oxygen atoms in total. The van der Waals surface area contributed by atoms with Crippen LogP contribution in [0.25, 0.3) is 0 Å². The molecule has 3 rings (SSSR count). The number of nitrogens with zero attached hydrogens (tertiary/aromatic N) is 3. The van der Waals surface area contributed by atoms with E-state index in [4.69, 9.17) is 11.6 Å². The van der Waals surface area contributed by atoms with Crippen LogP contribution in [0, 0.1) is 6.92 Å². The number of amides is 1. The number of rotatable bonds is 7. The minimum atomic E-state index is -3.47. The van der Waals surface area contributed by atoms with Gasteiger partial charge in [0.05, 0.1) is 23.8 Å². The average molecular weight is 475 g/mol. The van der Waals surface area contributed by atoms with Crippen LogP contribution in [-0.4, -0.2) is 49.5 Å². The van der Waals surface area contributed by atoms with Crippen molar-refractivity contribution in [2.45, 2.75) is 6.92 Å². The summed E-state index contributed by atoms with van der Waals surface area (Å²) in [4.78, 5) is 22.4. The monoisotopic (exact) mass is 474 g/mol. The molecule has 2 aromatic carbocycles. The van der Waals surface area contributed by atoms with Crippen molar-refractivity contribution in [3.63, 3.8) is 0 Å². The number of nitrogens with one attached hydrogen (secondary N) is 3. The van der Waals surface area contributed by atoms with E-state index in [1.165, 1.54) is 11.1 Å². The smallest absolute Gasteiger partial charge is 0.253 e. The highest BCUT2D eigenvalue weighted by atomic mass is 35.5. The highest BCUT2D eigenvalue weighted by Gasteiger charge is 2.13. The van der Waals surface area contributed by atoms with Crippen LogP contribution in [0.4, 0.5) is 28.8 Å². The predicted octanol–water partition coefficient (Wildman–Crippen LogP) is 4.00. The molecule has 1 heterocycles. The zero-order chi connectivity index (χ0) is 23.5. The Hall–Kier alpha value is -3.37. The SMILES string of the molecule is Cc1ccc(C(=O)N(C)C)cc1Nc1ncc(Cl)c(Nc2ccccc2NS(C)(=O)=O)n1. The molecule has 3 N–H and O–H groups in total. The molecule has 1 amide bonds. The Labute approximate surface area is 191 Å². The van der Waals surface area contributed by atoms with Crippen molar-refractivity contribution in [2.75, 3.05) is 35.7 Å². The van der Waals surface area contributed by atoms with Crippen LogP contribution in [0.2, 0.25) is 5.02 Å². The zero-order valence-electron chi connectivity index (χ0n) is 18.0. The van der Waals surface area contributed by atoms with E-state index in [2.05, 4.69) is 25.3 Å². The van der Waals surface area contributed by atoms with Crippen molar-refractivity contribution in [3.05, 3.63) is 64.8 Å². The molecule has 32 heavy (non-hydrogen) atoms. The standard InChI is InChI=1S/C21H23ClN6O3S/c1-13-9-10-14(20(29)28(2)3)11-18(13)25-21-23-12-15(22)19(26-21)24-16-7-5-6-8-17(16)27-32(4,30)31/h5-12,27H,1-4H3,(H2,23,24,25,26). The number of benzene rings is 2. The first-order chi connectivity index (χ1) is 15.0. The highest BCUT2D eigenvalue weighted by Crippen LogP contribution is 2.30. The Morgan fingerprint density at radius 2 is 1.72 bits per heavy atom. The van der Waals surface area contributed by atoms with Crippen molar-refractivity contribution in [2.24, 2.45) is 0 Å². The fraction of sp³-hybridized carbons (Fsp3) is 0.190. The summed E-state index contributed by atoms with van der Waals surface area (Å²) in [7, 11) is -0.0990. The van der Waals surface area contributed by atoms with Gasteiger partial charge in [-0.2, -0.15) is 4.98 Å². The van der Waals surface area contributed by atoms with Crippen LogP contribution in [-0.2, 0) is 10.0 Å². The van der Waals surface area contributed by atoms with E-state index in [-0.39, 0.29) is 22.7 Å². The van der Waals surface area contributed by atoms with Crippen LogP contribution in [0.3, 0.4) is 0 Å². The summed E-state index contributed by atoms with van der Waals surface area (Å²) in [6.45, 7) is 1.90.